The first kappa shape index (κ1) is 109. The summed E-state index contributed by atoms with van der Waals surface area (Å²) in [5.41, 5.74) is 22.7. The molecule has 3 aliphatic rings. The summed E-state index contributed by atoms with van der Waals surface area (Å²) < 4.78 is 63.1. The molecule has 0 saturated heterocycles. The van der Waals surface area contributed by atoms with Gasteiger partial charge in [0.25, 0.3) is 20.2 Å². The van der Waals surface area contributed by atoms with Crippen LogP contribution in [0, 0.1) is 96.9 Å². The van der Waals surface area contributed by atoms with Crippen LogP contribution in [0.4, 0.5) is 68.2 Å². The van der Waals surface area contributed by atoms with Crippen molar-refractivity contribution in [3.05, 3.63) is 375 Å². The molecule has 18 nitrogen and oxygen atoms in total. The maximum absolute atomic E-state index is 14.3. The van der Waals surface area contributed by atoms with Crippen LogP contribution in [0.25, 0.3) is 0 Å². The van der Waals surface area contributed by atoms with E-state index in [9.17, 15) is 45.6 Å². The molecule has 0 fully saturated rings. The first-order valence-corrected chi connectivity index (χ1v) is 53.5. The van der Waals surface area contributed by atoms with Crippen molar-refractivity contribution < 1.29 is 54.0 Å². The van der Waals surface area contributed by atoms with Crippen LogP contribution in [0.3, 0.4) is 0 Å². The molecule has 0 spiro atoms. The van der Waals surface area contributed by atoms with Crippen molar-refractivity contribution >= 4 is 172 Å². The van der Waals surface area contributed by atoms with Gasteiger partial charge in [-0.2, -0.15) is 16.8 Å². The van der Waals surface area contributed by atoms with Gasteiger partial charge in [0.2, 0.25) is 0 Å². The Morgan fingerprint density at radius 3 is 0.762 bits per heavy atom. The zero-order valence-electron chi connectivity index (χ0n) is 84.8. The standard InChI is InChI=1S/C44H50N2O2S2.C38H38N2O8S2.C30H26N2O2S2.C7H14/c1-9-11-13-17-31(7)49-33-23-27(3)41(28(4)24-33)45-37-21-22-38(40-39(37)43(47)35-19-15-16-20-36(35)44(40)48)46-42-29(5)25-34(26-30(42)6)50-32(8)18-14-12-10-2;1-9-17-47-49(43,44)37-23(5)19-21(3)33(25(37)7)39-29-15-16-30(32-31(29)35(41)27-13-11-12-14-28(27)36(32)42)40-34-22(4)20-24(6)38(26(34)8)50(45,46)48-18-10-2;1-15-11-19(35)12-16(2)27(15)31-23-9-10-24(32-28-17(3)13-20(36)14-18(28)4)26-25(23)29(33)21-7-5-6-8-22(21)30(26)34;1-3-5-7-6-4-2/h15-16,19-26,45-46H,7-14,17-18H2,1-6H3;9-16,19-20,39-40H,1-2,17-18H2,3-8H3;5-14,31-32,35-36H,1-4H3;3H,1,4-7H2,2H3. The zero-order chi connectivity index (χ0) is 104. The number of allylic oxidation sites excluding steroid dienone is 3. The predicted molar refractivity (Wildman–Crippen MR) is 598 cm³/mol. The quantitative estimate of drug-likeness (QED) is 0.00597. The van der Waals surface area contributed by atoms with E-state index >= 15 is 0 Å². The zero-order valence-corrected chi connectivity index (χ0v) is 89.8. The average molecular weight is 2030 g/mol. The fourth-order valence-electron chi connectivity index (χ4n) is 18.7. The summed E-state index contributed by atoms with van der Waals surface area (Å²) in [5.74, 6) is -1.49. The average Bonchev–Trinajstić information content (AvgIpc) is 0.740. The number of benzene rings is 12. The lowest BCUT2D eigenvalue weighted by atomic mass is 9.82. The molecule has 15 rings (SSSR count). The third-order valence-corrected chi connectivity index (χ3v) is 31.1. The van der Waals surface area contributed by atoms with Crippen LogP contribution in [0.15, 0.2) is 260 Å². The van der Waals surface area contributed by atoms with E-state index in [0.29, 0.717) is 112 Å². The van der Waals surface area contributed by atoms with Crippen LogP contribution in [0.1, 0.15) is 271 Å². The van der Waals surface area contributed by atoms with Gasteiger partial charge < -0.3 is 31.9 Å². The molecule has 0 atom stereocenters. The smallest absolute Gasteiger partial charge is 0.297 e. The minimum absolute atomic E-state index is 0.0134. The van der Waals surface area contributed by atoms with Gasteiger partial charge in [-0.15, -0.1) is 45.0 Å². The van der Waals surface area contributed by atoms with Crippen LogP contribution in [0.5, 0.6) is 0 Å². The van der Waals surface area contributed by atoms with Gasteiger partial charge in [-0.1, -0.05) is 199 Å². The highest BCUT2D eigenvalue weighted by Crippen LogP contribution is 2.48. The van der Waals surface area contributed by atoms with Crippen LogP contribution in [-0.2, 0) is 28.6 Å². The van der Waals surface area contributed by atoms with Gasteiger partial charge in [0.05, 0.1) is 80.7 Å². The van der Waals surface area contributed by atoms with E-state index in [1.165, 1.54) is 73.3 Å². The van der Waals surface area contributed by atoms with Crippen LogP contribution < -0.4 is 31.9 Å². The van der Waals surface area contributed by atoms with Crippen molar-refractivity contribution in [2.45, 2.75) is 224 Å². The summed E-state index contributed by atoms with van der Waals surface area (Å²) in [4.78, 5) is 91.0. The number of hydrogen-bond acceptors (Lipinski definition) is 22. The molecule has 0 aromatic heterocycles. The first-order valence-electron chi connectivity index (χ1n) is 48.2. The maximum Gasteiger partial charge on any atom is 0.297 e. The Hall–Kier alpha value is -12.6. The third kappa shape index (κ3) is 24.7. The number of carbonyl (C=O) groups excluding carboxylic acids is 6. The SMILES string of the molecule is C=C(CCCCC)Sc1cc(C)c(Nc2ccc(Nc3c(C)cc(SC(=C)CCCCC)cc3C)c3c2C(=O)c2ccccc2C3=O)c(C)c1.C=CCCCCC.C=CCOS(=O)(=O)c1c(C)cc(C)c(Nc2ccc(Nc3c(C)cc(C)c(S(=O)(=O)OCC=C)c3C)c3c2C(=O)c2ccccc2C3=O)c1C.Cc1cc(S)cc(C)c1Nc1ccc(Nc2c(C)cc(S)cc2C)c2c1C(=O)c1ccccc1C2=O. The molecular weight excluding hydrogens is 1900 g/mol. The fraction of sp³-hybridized carbons (Fsp3) is 0.261. The molecule has 0 aliphatic heterocycles. The van der Waals surface area contributed by atoms with Gasteiger partial charge in [0.15, 0.2) is 34.7 Å². The molecule has 0 amide bonds. The lowest BCUT2D eigenvalue weighted by Gasteiger charge is -2.26. The molecule has 24 heteroatoms. The Morgan fingerprint density at radius 2 is 0.531 bits per heavy atom. The number of rotatable bonds is 36. The van der Waals surface area contributed by atoms with Crippen LogP contribution in [0.2, 0.25) is 0 Å². The summed E-state index contributed by atoms with van der Waals surface area (Å²) in [7, 11) is -8.33. The Kier molecular flexibility index (Phi) is 36.8. The maximum atomic E-state index is 14.3. The summed E-state index contributed by atoms with van der Waals surface area (Å²) in [6.07, 6.45) is 19.0. The Morgan fingerprint density at radius 1 is 0.308 bits per heavy atom. The Bertz CT molecular complexity index is 6860. The van der Waals surface area contributed by atoms with Crippen molar-refractivity contribution in [3.63, 3.8) is 0 Å². The minimum atomic E-state index is -4.16. The van der Waals surface area contributed by atoms with Gasteiger partial charge >= 0.3 is 0 Å². The van der Waals surface area contributed by atoms with E-state index in [0.717, 1.165) is 113 Å². The number of ketones is 6. The number of fused-ring (bicyclic) bond motifs is 6. The number of unbranched alkanes of at least 4 members (excludes halogenated alkanes) is 7. The van der Waals surface area contributed by atoms with E-state index in [4.69, 9.17) is 8.37 Å². The number of carbonyl (C=O) groups is 6. The second-order valence-corrected chi connectivity index (χ2v) is 43.2. The molecule has 6 N–H and O–H groups in total. The molecule has 0 heterocycles. The van der Waals surface area contributed by atoms with E-state index in [2.05, 4.69) is 163 Å². The summed E-state index contributed by atoms with van der Waals surface area (Å²) in [6.45, 7) is 52.1. The molecule has 143 heavy (non-hydrogen) atoms. The number of aryl methyl sites for hydroxylation is 12. The van der Waals surface area contributed by atoms with Gasteiger partial charge in [-0.25, -0.2) is 0 Å². The summed E-state index contributed by atoms with van der Waals surface area (Å²) >= 11 is 12.4. The van der Waals surface area contributed by atoms with E-state index in [1.54, 1.807) is 150 Å². The topological polar surface area (TPSA) is 261 Å². The minimum Gasteiger partial charge on any atom is -0.354 e. The summed E-state index contributed by atoms with van der Waals surface area (Å²) in [5, 5.41) is 20.6. The lowest BCUT2D eigenvalue weighted by Crippen LogP contribution is -2.24. The van der Waals surface area contributed by atoms with Crippen LogP contribution in [-0.4, -0.2) is 64.7 Å². The Labute approximate surface area is 863 Å². The van der Waals surface area contributed by atoms with E-state index in [-0.39, 0.29) is 79.8 Å². The second kappa shape index (κ2) is 48.2. The van der Waals surface area contributed by atoms with Gasteiger partial charge in [-0.3, -0.25) is 37.1 Å². The molecule has 0 saturated carbocycles. The molecule has 3 aliphatic carbocycles. The second-order valence-electron chi connectivity index (χ2n) is 36.6. The number of anilines is 12. The molecule has 0 unspecified atom stereocenters. The monoisotopic (exact) mass is 2020 g/mol. The molecule has 0 radical (unpaired) electrons. The largest absolute Gasteiger partial charge is 0.354 e. The van der Waals surface area contributed by atoms with Crippen LogP contribution >= 0.6 is 48.8 Å². The first-order chi connectivity index (χ1) is 68.1. The molecular formula is C119H128N6O12S6. The third-order valence-electron chi connectivity index (χ3n) is 25.5. The number of thiol groups is 2. The van der Waals surface area contributed by atoms with Gasteiger partial charge in [0.1, 0.15) is 9.79 Å². The molecule has 12 aromatic rings. The highest BCUT2D eigenvalue weighted by Gasteiger charge is 2.40. The molecule has 742 valence electrons. The van der Waals surface area contributed by atoms with Crippen molar-refractivity contribution in [3.8, 4) is 0 Å². The van der Waals surface area contributed by atoms with Gasteiger partial charge in [0, 0.05) is 87.1 Å². The normalized spacial score (nSPS) is 12.2. The number of hydrogen-bond donors (Lipinski definition) is 8. The van der Waals surface area contributed by atoms with Crippen molar-refractivity contribution in [2.24, 2.45) is 0 Å². The molecule has 0 bridgehead atoms. The highest BCUT2D eigenvalue weighted by molar-refractivity contribution is 8.03. The van der Waals surface area contributed by atoms with E-state index < -0.39 is 31.8 Å². The highest BCUT2D eigenvalue weighted by atomic mass is 32.2. The summed E-state index contributed by atoms with van der Waals surface area (Å²) in [6, 6.07) is 51.5. The predicted octanol–water partition coefficient (Wildman–Crippen LogP) is 31.7. The number of thioether (sulfide) groups is 2. The van der Waals surface area contributed by atoms with Crippen molar-refractivity contribution in [2.75, 3.05) is 45.1 Å². The fourth-order valence-corrected chi connectivity index (χ4v) is 24.3. The molecule has 12 aromatic carbocycles. The Balaban J connectivity index is 0.000000187. The van der Waals surface area contributed by atoms with Crippen molar-refractivity contribution in [1.82, 2.24) is 0 Å². The number of nitrogens with one attached hydrogen (secondary N) is 6. The van der Waals surface area contributed by atoms with Crippen molar-refractivity contribution in [1.29, 1.82) is 0 Å². The van der Waals surface area contributed by atoms with Gasteiger partial charge in [-0.05, 0) is 308 Å². The lowest BCUT2D eigenvalue weighted by molar-refractivity contribution is 0.0980. The van der Waals surface area contributed by atoms with E-state index in [1.807, 2.05) is 94.4 Å².